The van der Waals surface area contributed by atoms with Crippen LogP contribution in [-0.4, -0.2) is 30.3 Å². The lowest BCUT2D eigenvalue weighted by Crippen LogP contribution is -2.25. The SMILES string of the molecule is CN1C[C@@H](C(=O)Nc2ccc(F)c(Cl)c2)CC1=O. The number of benzene rings is 1. The number of rotatable bonds is 2. The van der Waals surface area contributed by atoms with Crippen LogP contribution in [0.3, 0.4) is 0 Å². The molecule has 0 bridgehead atoms. The van der Waals surface area contributed by atoms with E-state index in [9.17, 15) is 14.0 Å². The molecule has 4 nitrogen and oxygen atoms in total. The summed E-state index contributed by atoms with van der Waals surface area (Å²) >= 11 is 5.61. The Labute approximate surface area is 109 Å². The zero-order valence-corrected chi connectivity index (χ0v) is 10.5. The van der Waals surface area contributed by atoms with Gasteiger partial charge in [-0.1, -0.05) is 11.6 Å². The molecule has 1 aromatic rings. The molecular formula is C12H12ClFN2O2. The van der Waals surface area contributed by atoms with E-state index in [2.05, 4.69) is 5.32 Å². The molecule has 96 valence electrons. The Morgan fingerprint density at radius 1 is 1.56 bits per heavy atom. The molecule has 1 aromatic carbocycles. The number of likely N-dealkylation sites (tertiary alicyclic amines) is 1. The van der Waals surface area contributed by atoms with Crippen LogP contribution in [-0.2, 0) is 9.59 Å². The minimum atomic E-state index is -0.537. The van der Waals surface area contributed by atoms with Crippen molar-refractivity contribution in [3.63, 3.8) is 0 Å². The summed E-state index contributed by atoms with van der Waals surface area (Å²) in [7, 11) is 1.66. The molecule has 0 unspecified atom stereocenters. The third-order valence-electron chi connectivity index (χ3n) is 2.90. The monoisotopic (exact) mass is 270 g/mol. The molecule has 2 amide bonds. The fourth-order valence-corrected chi connectivity index (χ4v) is 2.04. The summed E-state index contributed by atoms with van der Waals surface area (Å²) in [6.45, 7) is 0.402. The van der Waals surface area contributed by atoms with Crippen LogP contribution in [0.4, 0.5) is 10.1 Å². The minimum absolute atomic E-state index is 0.0487. The van der Waals surface area contributed by atoms with Crippen molar-refractivity contribution >= 4 is 29.1 Å². The number of carbonyl (C=O) groups is 2. The Morgan fingerprint density at radius 2 is 2.28 bits per heavy atom. The number of carbonyl (C=O) groups excluding carboxylic acids is 2. The number of nitrogens with one attached hydrogen (secondary N) is 1. The minimum Gasteiger partial charge on any atom is -0.345 e. The third kappa shape index (κ3) is 2.61. The van der Waals surface area contributed by atoms with Crippen LogP contribution in [0.5, 0.6) is 0 Å². The predicted molar refractivity (Wildman–Crippen MR) is 65.8 cm³/mol. The van der Waals surface area contributed by atoms with Gasteiger partial charge in [0.1, 0.15) is 5.82 Å². The number of halogens is 2. The van der Waals surface area contributed by atoms with E-state index in [1.807, 2.05) is 0 Å². The predicted octanol–water partition coefficient (Wildman–Crippen LogP) is 1.90. The zero-order valence-electron chi connectivity index (χ0n) is 9.74. The quantitative estimate of drug-likeness (QED) is 0.892. The molecule has 6 heteroatoms. The average Bonchev–Trinajstić information content (AvgIpc) is 2.65. The van der Waals surface area contributed by atoms with E-state index in [0.29, 0.717) is 12.2 Å². The fourth-order valence-electron chi connectivity index (χ4n) is 1.86. The normalized spacial score (nSPS) is 19.2. The average molecular weight is 271 g/mol. The van der Waals surface area contributed by atoms with Crippen LogP contribution in [0.1, 0.15) is 6.42 Å². The van der Waals surface area contributed by atoms with Crippen molar-refractivity contribution in [3.05, 3.63) is 29.0 Å². The van der Waals surface area contributed by atoms with Gasteiger partial charge in [0.2, 0.25) is 11.8 Å². The van der Waals surface area contributed by atoms with Crippen molar-refractivity contribution in [1.29, 1.82) is 0 Å². The van der Waals surface area contributed by atoms with Gasteiger partial charge in [-0.15, -0.1) is 0 Å². The first-order valence-electron chi connectivity index (χ1n) is 5.47. The van der Waals surface area contributed by atoms with Crippen LogP contribution >= 0.6 is 11.6 Å². The first-order valence-corrected chi connectivity index (χ1v) is 5.85. The van der Waals surface area contributed by atoms with Gasteiger partial charge in [-0.3, -0.25) is 9.59 Å². The summed E-state index contributed by atoms with van der Waals surface area (Å²) in [5, 5.41) is 2.58. The Kier molecular flexibility index (Phi) is 3.52. The van der Waals surface area contributed by atoms with Gasteiger partial charge >= 0.3 is 0 Å². The van der Waals surface area contributed by atoms with E-state index in [1.165, 1.54) is 23.1 Å². The van der Waals surface area contributed by atoms with Gasteiger partial charge in [-0.25, -0.2) is 4.39 Å². The zero-order chi connectivity index (χ0) is 13.3. The second-order valence-electron chi connectivity index (χ2n) is 4.29. The van der Waals surface area contributed by atoms with E-state index < -0.39 is 5.82 Å². The van der Waals surface area contributed by atoms with Crippen LogP contribution in [0.2, 0.25) is 5.02 Å². The van der Waals surface area contributed by atoms with E-state index >= 15 is 0 Å². The van der Waals surface area contributed by atoms with Crippen molar-refractivity contribution in [1.82, 2.24) is 4.90 Å². The van der Waals surface area contributed by atoms with Gasteiger partial charge in [0.15, 0.2) is 0 Å². The lowest BCUT2D eigenvalue weighted by Gasteiger charge is -2.11. The molecule has 1 saturated heterocycles. The molecule has 1 aliphatic rings. The summed E-state index contributed by atoms with van der Waals surface area (Å²) in [5.74, 6) is -1.21. The second kappa shape index (κ2) is 4.94. The van der Waals surface area contributed by atoms with Gasteiger partial charge in [0, 0.05) is 25.7 Å². The highest BCUT2D eigenvalue weighted by atomic mass is 35.5. The molecule has 0 spiro atoms. The van der Waals surface area contributed by atoms with Crippen molar-refractivity contribution in [2.45, 2.75) is 6.42 Å². The Bertz CT molecular complexity index is 507. The summed E-state index contributed by atoms with van der Waals surface area (Å²) in [4.78, 5) is 24.7. The fraction of sp³-hybridized carbons (Fsp3) is 0.333. The highest BCUT2D eigenvalue weighted by Crippen LogP contribution is 2.22. The first kappa shape index (κ1) is 12.8. The number of hydrogen-bond acceptors (Lipinski definition) is 2. The maximum absolute atomic E-state index is 12.9. The number of nitrogens with zero attached hydrogens (tertiary/aromatic N) is 1. The molecule has 1 N–H and O–H groups in total. The molecule has 0 aliphatic carbocycles. The summed E-state index contributed by atoms with van der Waals surface area (Å²) in [6, 6.07) is 3.96. The summed E-state index contributed by atoms with van der Waals surface area (Å²) in [6.07, 6.45) is 0.206. The van der Waals surface area contributed by atoms with E-state index in [1.54, 1.807) is 7.05 Å². The molecular weight excluding hydrogens is 259 g/mol. The van der Waals surface area contributed by atoms with Gasteiger partial charge in [-0.2, -0.15) is 0 Å². The lowest BCUT2D eigenvalue weighted by molar-refractivity contribution is -0.127. The van der Waals surface area contributed by atoms with Crippen molar-refractivity contribution in [3.8, 4) is 0 Å². The topological polar surface area (TPSA) is 49.4 Å². The molecule has 1 fully saturated rings. The van der Waals surface area contributed by atoms with Gasteiger partial charge in [0.05, 0.1) is 10.9 Å². The number of anilines is 1. The highest BCUT2D eigenvalue weighted by molar-refractivity contribution is 6.31. The second-order valence-corrected chi connectivity index (χ2v) is 4.70. The first-order chi connectivity index (χ1) is 8.47. The van der Waals surface area contributed by atoms with Gasteiger partial charge < -0.3 is 10.2 Å². The largest absolute Gasteiger partial charge is 0.345 e. The Balaban J connectivity index is 2.03. The molecule has 18 heavy (non-hydrogen) atoms. The molecule has 0 saturated carbocycles. The van der Waals surface area contributed by atoms with Crippen LogP contribution < -0.4 is 5.32 Å². The molecule has 0 aromatic heterocycles. The molecule has 1 aliphatic heterocycles. The van der Waals surface area contributed by atoms with Crippen LogP contribution in [0.25, 0.3) is 0 Å². The van der Waals surface area contributed by atoms with E-state index in [0.717, 1.165) is 0 Å². The van der Waals surface area contributed by atoms with E-state index in [4.69, 9.17) is 11.6 Å². The molecule has 1 atom stereocenters. The van der Waals surface area contributed by atoms with Crippen LogP contribution in [0.15, 0.2) is 18.2 Å². The van der Waals surface area contributed by atoms with Crippen LogP contribution in [0, 0.1) is 11.7 Å². The van der Waals surface area contributed by atoms with Gasteiger partial charge in [-0.05, 0) is 18.2 Å². The summed E-state index contributed by atoms with van der Waals surface area (Å²) in [5.41, 5.74) is 0.424. The highest BCUT2D eigenvalue weighted by Gasteiger charge is 2.32. The standard InChI is InChI=1S/C12H12ClFN2O2/c1-16-6-7(4-11(16)17)12(18)15-8-2-3-10(14)9(13)5-8/h2-3,5,7H,4,6H2,1H3,(H,15,18)/t7-/m0/s1. The van der Waals surface area contributed by atoms with Crippen molar-refractivity contribution < 1.29 is 14.0 Å². The van der Waals surface area contributed by atoms with Crippen molar-refractivity contribution in [2.24, 2.45) is 5.92 Å². The number of amides is 2. The van der Waals surface area contributed by atoms with E-state index in [-0.39, 0.29) is 29.2 Å². The third-order valence-corrected chi connectivity index (χ3v) is 3.19. The molecule has 1 heterocycles. The number of hydrogen-bond donors (Lipinski definition) is 1. The molecule has 2 rings (SSSR count). The Morgan fingerprint density at radius 3 is 2.83 bits per heavy atom. The van der Waals surface area contributed by atoms with Crippen molar-refractivity contribution in [2.75, 3.05) is 18.9 Å². The molecule has 0 radical (unpaired) electrons. The Hall–Kier alpha value is -1.62. The van der Waals surface area contributed by atoms with Gasteiger partial charge in [0.25, 0.3) is 0 Å². The smallest absolute Gasteiger partial charge is 0.229 e. The summed E-state index contributed by atoms with van der Waals surface area (Å²) < 4.78 is 12.9. The maximum Gasteiger partial charge on any atom is 0.229 e. The lowest BCUT2D eigenvalue weighted by atomic mass is 10.1. The maximum atomic E-state index is 12.9.